The molecular weight excluding hydrogens is 492 g/mol. The number of ether oxygens (including phenoxy) is 1. The summed E-state index contributed by atoms with van der Waals surface area (Å²) >= 11 is 0. The number of aromatic nitrogens is 3. The highest BCUT2D eigenvalue weighted by Gasteiger charge is 2.20. The molecule has 0 spiro atoms. The molecule has 2 aromatic heterocycles. The summed E-state index contributed by atoms with van der Waals surface area (Å²) in [5, 5.41) is 9.58. The van der Waals surface area contributed by atoms with Crippen LogP contribution in [0.1, 0.15) is 68.2 Å². The number of benzene rings is 2. The number of unbranched alkanes of at least 4 members (excludes halogenated alkanes) is 2. The van der Waals surface area contributed by atoms with E-state index in [-0.39, 0.29) is 5.56 Å². The van der Waals surface area contributed by atoms with E-state index in [1.165, 1.54) is 0 Å². The zero-order valence-electron chi connectivity index (χ0n) is 22.9. The summed E-state index contributed by atoms with van der Waals surface area (Å²) < 4.78 is 7.43. The van der Waals surface area contributed by atoms with Gasteiger partial charge in [0.15, 0.2) is 5.65 Å². The van der Waals surface area contributed by atoms with E-state index in [9.17, 15) is 14.7 Å². The van der Waals surface area contributed by atoms with Crippen molar-refractivity contribution in [3.8, 4) is 11.1 Å². The monoisotopic (exact) mass is 528 g/mol. The highest BCUT2D eigenvalue weighted by molar-refractivity contribution is 5.96. The number of pyridine rings is 1. The number of carbonyl (C=O) groups excluding carboxylic acids is 1. The first-order valence-corrected chi connectivity index (χ1v) is 13.7. The van der Waals surface area contributed by atoms with Crippen LogP contribution in [-0.2, 0) is 17.7 Å². The molecule has 1 N–H and O–H groups in total. The van der Waals surface area contributed by atoms with Crippen molar-refractivity contribution in [3.63, 3.8) is 0 Å². The van der Waals surface area contributed by atoms with Crippen molar-refractivity contribution in [2.45, 2.75) is 59.4 Å². The molecule has 0 bridgehead atoms. The van der Waals surface area contributed by atoms with Crippen LogP contribution < -0.4 is 4.90 Å². The highest BCUT2D eigenvalue weighted by atomic mass is 16.6. The first-order chi connectivity index (χ1) is 19.0. The number of hydrogen-bond acceptors (Lipinski definition) is 5. The normalized spacial score (nSPS) is 11.1. The van der Waals surface area contributed by atoms with Gasteiger partial charge in [-0.2, -0.15) is 0 Å². The van der Waals surface area contributed by atoms with Gasteiger partial charge in [-0.25, -0.2) is 19.6 Å². The highest BCUT2D eigenvalue weighted by Crippen LogP contribution is 2.26. The van der Waals surface area contributed by atoms with Gasteiger partial charge in [-0.3, -0.25) is 4.90 Å². The van der Waals surface area contributed by atoms with Crippen molar-refractivity contribution >= 4 is 29.0 Å². The minimum absolute atomic E-state index is 0.277. The van der Waals surface area contributed by atoms with E-state index < -0.39 is 12.1 Å². The van der Waals surface area contributed by atoms with Crippen LogP contribution in [0.15, 0.2) is 60.7 Å². The van der Waals surface area contributed by atoms with Crippen molar-refractivity contribution in [2.24, 2.45) is 0 Å². The second kappa shape index (κ2) is 13.0. The van der Waals surface area contributed by atoms with Gasteiger partial charge in [0, 0.05) is 13.0 Å². The summed E-state index contributed by atoms with van der Waals surface area (Å²) in [5.41, 5.74) is 4.37. The van der Waals surface area contributed by atoms with Gasteiger partial charge < -0.3 is 14.4 Å². The molecule has 0 radical (unpaired) electrons. The lowest BCUT2D eigenvalue weighted by atomic mass is 9.99. The zero-order valence-corrected chi connectivity index (χ0v) is 22.9. The molecule has 8 heteroatoms. The van der Waals surface area contributed by atoms with E-state index >= 15 is 0 Å². The Morgan fingerprint density at radius 2 is 1.67 bits per heavy atom. The molecule has 0 saturated heterocycles. The molecule has 0 atom stereocenters. The molecule has 0 unspecified atom stereocenters. The Kier molecular flexibility index (Phi) is 9.31. The van der Waals surface area contributed by atoms with Crippen molar-refractivity contribution in [1.29, 1.82) is 0 Å². The van der Waals surface area contributed by atoms with Crippen molar-refractivity contribution in [3.05, 3.63) is 77.6 Å². The minimum Gasteiger partial charge on any atom is -0.478 e. The minimum atomic E-state index is -0.946. The summed E-state index contributed by atoms with van der Waals surface area (Å²) in [5.74, 6) is 0.559. The molecule has 4 aromatic rings. The standard InChI is InChI=1S/C31H36N4O4/c1-4-7-13-27-32-26-18-19-28(34(20-8-5-2)31(38)39-6-3)33-29(26)35(27)21-22-14-16-23(17-15-22)24-11-9-10-12-25(24)30(36)37/h9-12,14-19H,4-8,13,20-21H2,1-3H3,(H,36,37). The van der Waals surface area contributed by atoms with Crippen LogP contribution in [0.2, 0.25) is 0 Å². The lowest BCUT2D eigenvalue weighted by Crippen LogP contribution is -2.33. The zero-order chi connectivity index (χ0) is 27.8. The van der Waals surface area contributed by atoms with Gasteiger partial charge in [-0.05, 0) is 54.7 Å². The number of carboxylic acid groups (broad SMARTS) is 1. The van der Waals surface area contributed by atoms with Crippen LogP contribution in [0.3, 0.4) is 0 Å². The third kappa shape index (κ3) is 6.45. The van der Waals surface area contributed by atoms with Crippen LogP contribution >= 0.6 is 0 Å². The largest absolute Gasteiger partial charge is 0.478 e. The number of rotatable bonds is 12. The van der Waals surface area contributed by atoms with Crippen LogP contribution in [-0.4, -0.2) is 44.9 Å². The molecule has 0 fully saturated rings. The fourth-order valence-corrected chi connectivity index (χ4v) is 4.59. The van der Waals surface area contributed by atoms with Crippen molar-refractivity contribution in [2.75, 3.05) is 18.1 Å². The van der Waals surface area contributed by atoms with Crippen molar-refractivity contribution < 1.29 is 19.4 Å². The second-order valence-electron chi connectivity index (χ2n) is 9.48. The Labute approximate surface area is 229 Å². The smallest absolute Gasteiger partial charge is 0.415 e. The Morgan fingerprint density at radius 3 is 2.36 bits per heavy atom. The topological polar surface area (TPSA) is 97.6 Å². The lowest BCUT2D eigenvalue weighted by molar-refractivity contribution is 0.0697. The number of amides is 1. The third-order valence-electron chi connectivity index (χ3n) is 6.67. The van der Waals surface area contributed by atoms with Crippen LogP contribution in [0.4, 0.5) is 10.6 Å². The predicted octanol–water partition coefficient (Wildman–Crippen LogP) is 6.95. The molecule has 0 saturated carbocycles. The second-order valence-corrected chi connectivity index (χ2v) is 9.48. The average Bonchev–Trinajstić information content (AvgIpc) is 3.29. The van der Waals surface area contributed by atoms with Gasteiger partial charge in [0.1, 0.15) is 17.2 Å². The number of carboxylic acids is 1. The molecule has 0 aliphatic rings. The molecule has 0 aliphatic carbocycles. The van der Waals surface area contributed by atoms with Gasteiger partial charge in [0.25, 0.3) is 0 Å². The fourth-order valence-electron chi connectivity index (χ4n) is 4.59. The third-order valence-corrected chi connectivity index (χ3v) is 6.67. The Morgan fingerprint density at radius 1 is 0.923 bits per heavy atom. The quantitative estimate of drug-likeness (QED) is 0.214. The number of anilines is 1. The number of aryl methyl sites for hydroxylation is 1. The van der Waals surface area contributed by atoms with E-state index in [1.807, 2.05) is 48.5 Å². The number of carbonyl (C=O) groups is 2. The van der Waals surface area contributed by atoms with Gasteiger partial charge >= 0.3 is 12.1 Å². The summed E-state index contributed by atoms with van der Waals surface area (Å²) in [6, 6.07) is 18.7. The average molecular weight is 529 g/mol. The molecule has 39 heavy (non-hydrogen) atoms. The molecule has 1 amide bonds. The van der Waals surface area contributed by atoms with Crippen molar-refractivity contribution in [1.82, 2.24) is 14.5 Å². The molecule has 2 aromatic carbocycles. The molecular formula is C31H36N4O4. The Balaban J connectivity index is 1.70. The molecule has 4 rings (SSSR count). The van der Waals surface area contributed by atoms with Gasteiger partial charge in [0.2, 0.25) is 0 Å². The van der Waals surface area contributed by atoms with E-state index in [4.69, 9.17) is 14.7 Å². The van der Waals surface area contributed by atoms with E-state index in [2.05, 4.69) is 18.4 Å². The summed E-state index contributed by atoms with van der Waals surface area (Å²) in [7, 11) is 0. The van der Waals surface area contributed by atoms with E-state index in [0.717, 1.165) is 60.2 Å². The number of nitrogens with zero attached hydrogens (tertiary/aromatic N) is 4. The summed E-state index contributed by atoms with van der Waals surface area (Å²) in [4.78, 5) is 35.8. The Hall–Kier alpha value is -4.20. The van der Waals surface area contributed by atoms with Gasteiger partial charge in [-0.15, -0.1) is 0 Å². The molecule has 0 aliphatic heterocycles. The molecule has 8 nitrogen and oxygen atoms in total. The van der Waals surface area contributed by atoms with Gasteiger partial charge in [0.05, 0.1) is 18.7 Å². The number of aromatic carboxylic acids is 1. The summed E-state index contributed by atoms with van der Waals surface area (Å²) in [6.07, 6.45) is 4.28. The lowest BCUT2D eigenvalue weighted by Gasteiger charge is -2.21. The number of fused-ring (bicyclic) bond motifs is 1. The van der Waals surface area contributed by atoms with Crippen LogP contribution in [0, 0.1) is 0 Å². The first kappa shape index (κ1) is 27.8. The van der Waals surface area contributed by atoms with Crippen LogP contribution in [0.5, 0.6) is 0 Å². The fraction of sp³-hybridized carbons (Fsp3) is 0.355. The number of imidazole rings is 1. The maximum atomic E-state index is 12.7. The first-order valence-electron chi connectivity index (χ1n) is 13.7. The maximum Gasteiger partial charge on any atom is 0.415 e. The predicted molar refractivity (Wildman–Crippen MR) is 153 cm³/mol. The maximum absolute atomic E-state index is 12.7. The molecule has 204 valence electrons. The molecule has 2 heterocycles. The van der Waals surface area contributed by atoms with E-state index in [0.29, 0.717) is 31.1 Å². The Bertz CT molecular complexity index is 1430. The summed E-state index contributed by atoms with van der Waals surface area (Å²) in [6.45, 7) is 7.43. The number of hydrogen-bond donors (Lipinski definition) is 1. The van der Waals surface area contributed by atoms with E-state index in [1.54, 1.807) is 24.0 Å². The van der Waals surface area contributed by atoms with Gasteiger partial charge in [-0.1, -0.05) is 69.2 Å². The van der Waals surface area contributed by atoms with Crippen LogP contribution in [0.25, 0.3) is 22.3 Å². The SMILES string of the molecule is CCCCc1nc2ccc(N(CCCC)C(=O)OCC)nc2n1Cc1ccc(-c2ccccc2C(=O)O)cc1.